The van der Waals surface area contributed by atoms with Crippen molar-refractivity contribution in [3.63, 3.8) is 0 Å². The second kappa shape index (κ2) is 6.84. The van der Waals surface area contributed by atoms with E-state index in [0.717, 1.165) is 41.6 Å². The van der Waals surface area contributed by atoms with Gasteiger partial charge >= 0.3 is 0 Å². The molecule has 2 heterocycles. The maximum absolute atomic E-state index is 13.0. The van der Waals surface area contributed by atoms with Gasteiger partial charge in [0, 0.05) is 16.6 Å². The minimum Gasteiger partial charge on any atom is -0.397 e. The number of pyridine rings is 1. The molecule has 1 aromatic carbocycles. The van der Waals surface area contributed by atoms with Crippen LogP contribution in [0.2, 0.25) is 10.0 Å². The first kappa shape index (κ1) is 17.8. The fourth-order valence-electron chi connectivity index (χ4n) is 3.72. The van der Waals surface area contributed by atoms with Crippen molar-refractivity contribution in [3.8, 4) is 0 Å². The monoisotopic (exact) mass is 404 g/mol. The van der Waals surface area contributed by atoms with Gasteiger partial charge in [-0.1, -0.05) is 30.1 Å². The Balaban J connectivity index is 1.90. The Kier molecular flexibility index (Phi) is 4.68. The highest BCUT2D eigenvalue weighted by Crippen LogP contribution is 2.41. The molecule has 0 amide bonds. The van der Waals surface area contributed by atoms with E-state index < -0.39 is 0 Å². The molecule has 134 valence electrons. The Morgan fingerprint density at radius 2 is 1.92 bits per heavy atom. The van der Waals surface area contributed by atoms with E-state index in [-0.39, 0.29) is 5.78 Å². The summed E-state index contributed by atoms with van der Waals surface area (Å²) >= 11 is 13.4. The summed E-state index contributed by atoms with van der Waals surface area (Å²) in [5.41, 5.74) is 11.3. The average molecular weight is 405 g/mol. The third-order valence-electron chi connectivity index (χ3n) is 5.00. The number of halogens is 2. The molecular formula is C20H18Cl2N2OS. The van der Waals surface area contributed by atoms with Crippen molar-refractivity contribution < 1.29 is 4.79 Å². The predicted octanol–water partition coefficient (Wildman–Crippen LogP) is 5.86. The van der Waals surface area contributed by atoms with Gasteiger partial charge in [-0.25, -0.2) is 4.98 Å². The number of nitrogen functional groups attached to an aromatic ring is 1. The molecule has 0 aliphatic heterocycles. The molecule has 2 N–H and O–H groups in total. The molecule has 6 heteroatoms. The maximum atomic E-state index is 13.0. The molecule has 3 nitrogen and oxygen atoms in total. The lowest BCUT2D eigenvalue weighted by Crippen LogP contribution is -2.09. The number of hydrogen-bond acceptors (Lipinski definition) is 4. The van der Waals surface area contributed by atoms with Crippen LogP contribution in [-0.2, 0) is 19.3 Å². The lowest BCUT2D eigenvalue weighted by atomic mass is 9.88. The third kappa shape index (κ3) is 2.81. The van der Waals surface area contributed by atoms with E-state index in [1.807, 2.05) is 0 Å². The molecule has 0 bridgehead atoms. The van der Waals surface area contributed by atoms with Crippen LogP contribution in [0.3, 0.4) is 0 Å². The molecule has 0 saturated heterocycles. The average Bonchev–Trinajstić information content (AvgIpc) is 2.99. The van der Waals surface area contributed by atoms with Crippen molar-refractivity contribution >= 4 is 56.2 Å². The van der Waals surface area contributed by atoms with Gasteiger partial charge in [0.2, 0.25) is 5.78 Å². The summed E-state index contributed by atoms with van der Waals surface area (Å²) in [7, 11) is 0. The van der Waals surface area contributed by atoms with Crippen molar-refractivity contribution in [1.82, 2.24) is 4.98 Å². The van der Waals surface area contributed by atoms with E-state index in [2.05, 4.69) is 6.92 Å². The number of thiophene rings is 1. The number of nitrogens with two attached hydrogens (primary N) is 1. The quantitative estimate of drug-likeness (QED) is 0.556. The maximum Gasteiger partial charge on any atom is 0.205 e. The minimum atomic E-state index is -0.133. The number of nitrogens with zero attached hydrogens (tertiary/aromatic N) is 1. The molecule has 0 spiro atoms. The zero-order valence-electron chi connectivity index (χ0n) is 14.4. The van der Waals surface area contributed by atoms with E-state index in [0.29, 0.717) is 26.2 Å². The Labute approximate surface area is 166 Å². The number of benzene rings is 1. The van der Waals surface area contributed by atoms with E-state index in [9.17, 15) is 4.79 Å². The Morgan fingerprint density at radius 3 is 2.62 bits per heavy atom. The van der Waals surface area contributed by atoms with E-state index >= 15 is 0 Å². The normalized spacial score (nSPS) is 13.8. The zero-order chi connectivity index (χ0) is 18.4. The predicted molar refractivity (Wildman–Crippen MR) is 110 cm³/mol. The third-order valence-corrected chi connectivity index (χ3v) is 6.84. The van der Waals surface area contributed by atoms with Gasteiger partial charge in [-0.2, -0.15) is 0 Å². The molecule has 0 saturated carbocycles. The van der Waals surface area contributed by atoms with Gasteiger partial charge in [0.25, 0.3) is 0 Å². The van der Waals surface area contributed by atoms with Crippen molar-refractivity contribution in [3.05, 3.63) is 55.5 Å². The molecule has 0 unspecified atom stereocenters. The zero-order valence-corrected chi connectivity index (χ0v) is 16.7. The van der Waals surface area contributed by atoms with Gasteiger partial charge in [-0.15, -0.1) is 11.3 Å². The number of ketones is 1. The first-order chi connectivity index (χ1) is 12.5. The number of hydrogen-bond donors (Lipinski definition) is 1. The Bertz CT molecular complexity index is 1040. The summed E-state index contributed by atoms with van der Waals surface area (Å²) in [5.74, 6) is -0.133. The molecule has 1 aliphatic rings. The number of aryl methyl sites for hydroxylation is 2. The Morgan fingerprint density at radius 1 is 1.19 bits per heavy atom. The summed E-state index contributed by atoms with van der Waals surface area (Å²) in [6.07, 6.45) is 5.29. The summed E-state index contributed by atoms with van der Waals surface area (Å²) in [5, 5.41) is 1.77. The molecule has 0 atom stereocenters. The van der Waals surface area contributed by atoms with Gasteiger partial charge in [0.15, 0.2) is 0 Å². The molecule has 2 aromatic heterocycles. The number of carbonyl (C=O) groups excluding carboxylic acids is 1. The topological polar surface area (TPSA) is 56.0 Å². The second-order valence-electron chi connectivity index (χ2n) is 6.56. The highest BCUT2D eigenvalue weighted by Gasteiger charge is 2.25. The van der Waals surface area contributed by atoms with Gasteiger partial charge in [-0.05, 0) is 61.4 Å². The van der Waals surface area contributed by atoms with Gasteiger partial charge < -0.3 is 5.73 Å². The number of fused-ring (bicyclic) bond motifs is 3. The Hall–Kier alpha value is -1.62. The lowest BCUT2D eigenvalue weighted by Gasteiger charge is -2.19. The molecule has 3 aromatic rings. The van der Waals surface area contributed by atoms with Crippen molar-refractivity contribution in [2.75, 3.05) is 5.73 Å². The minimum absolute atomic E-state index is 0.133. The molecule has 0 radical (unpaired) electrons. The van der Waals surface area contributed by atoms with Crippen LogP contribution < -0.4 is 5.73 Å². The highest BCUT2D eigenvalue weighted by atomic mass is 35.5. The lowest BCUT2D eigenvalue weighted by molar-refractivity contribution is 0.104. The van der Waals surface area contributed by atoms with Crippen LogP contribution in [0.4, 0.5) is 5.69 Å². The second-order valence-corrected chi connectivity index (χ2v) is 8.37. The number of aromatic nitrogens is 1. The summed E-state index contributed by atoms with van der Waals surface area (Å²) in [6, 6.07) is 4.91. The number of rotatable bonds is 3. The van der Waals surface area contributed by atoms with E-state index in [4.69, 9.17) is 33.9 Å². The van der Waals surface area contributed by atoms with E-state index in [1.165, 1.54) is 28.9 Å². The largest absolute Gasteiger partial charge is 0.397 e. The first-order valence-corrected chi connectivity index (χ1v) is 10.3. The van der Waals surface area contributed by atoms with Gasteiger partial charge in [-0.3, -0.25) is 4.79 Å². The van der Waals surface area contributed by atoms with E-state index in [1.54, 1.807) is 18.2 Å². The number of carbonyl (C=O) groups is 1. The summed E-state index contributed by atoms with van der Waals surface area (Å²) < 4.78 is 0. The van der Waals surface area contributed by atoms with Crippen LogP contribution in [0, 0.1) is 0 Å². The van der Waals surface area contributed by atoms with Gasteiger partial charge in [0.05, 0.1) is 15.7 Å². The standard InChI is InChI=1S/C20H18Cl2N2OS/c1-2-15-11-5-3-4-6-12(11)16-17(23)19(26-20(16)24-15)18(25)10-7-8-13(21)14(22)9-10/h7-9H,2-6,23H2,1H3. The van der Waals surface area contributed by atoms with Crippen LogP contribution in [0.15, 0.2) is 18.2 Å². The summed E-state index contributed by atoms with van der Waals surface area (Å²) in [4.78, 5) is 19.3. The SMILES string of the molecule is CCc1nc2sc(C(=O)c3ccc(Cl)c(Cl)c3)c(N)c2c2c1CCCC2. The van der Waals surface area contributed by atoms with Crippen LogP contribution in [-0.4, -0.2) is 10.8 Å². The molecular weight excluding hydrogens is 387 g/mol. The summed E-state index contributed by atoms with van der Waals surface area (Å²) in [6.45, 7) is 2.13. The van der Waals surface area contributed by atoms with Crippen LogP contribution >= 0.6 is 34.5 Å². The smallest absolute Gasteiger partial charge is 0.205 e. The molecule has 1 aliphatic carbocycles. The number of anilines is 1. The van der Waals surface area contributed by atoms with Crippen LogP contribution in [0.5, 0.6) is 0 Å². The van der Waals surface area contributed by atoms with Crippen LogP contribution in [0.1, 0.15) is 51.8 Å². The molecule has 4 rings (SSSR count). The van der Waals surface area contributed by atoms with Crippen molar-refractivity contribution in [1.29, 1.82) is 0 Å². The first-order valence-electron chi connectivity index (χ1n) is 8.73. The fraction of sp³-hybridized carbons (Fsp3) is 0.300. The van der Waals surface area contributed by atoms with Crippen molar-refractivity contribution in [2.24, 2.45) is 0 Å². The van der Waals surface area contributed by atoms with Gasteiger partial charge in [0.1, 0.15) is 9.71 Å². The molecule has 0 fully saturated rings. The van der Waals surface area contributed by atoms with Crippen molar-refractivity contribution in [2.45, 2.75) is 39.0 Å². The fourth-order valence-corrected chi connectivity index (χ4v) is 5.13. The highest BCUT2D eigenvalue weighted by molar-refractivity contribution is 7.21. The van der Waals surface area contributed by atoms with Crippen LogP contribution in [0.25, 0.3) is 10.2 Å². The molecule has 26 heavy (non-hydrogen) atoms.